The van der Waals surface area contributed by atoms with E-state index in [0.29, 0.717) is 5.92 Å². The van der Waals surface area contributed by atoms with Crippen LogP contribution in [-0.2, 0) is 10.1 Å². The smallest absolute Gasteiger partial charge is 0.267 e. The van der Waals surface area contributed by atoms with Crippen molar-refractivity contribution in [1.82, 2.24) is 5.32 Å². The lowest BCUT2D eigenvalue weighted by Crippen LogP contribution is -2.30. The number of hydrogen-bond acceptors (Lipinski definition) is 3. The first-order chi connectivity index (χ1) is 5.97. The normalized spacial score (nSPS) is 20.2. The molecule has 78 valence electrons. The van der Waals surface area contributed by atoms with E-state index in [9.17, 15) is 12.8 Å². The number of nitrogens with one attached hydrogen (secondary N) is 1. The molecule has 0 aromatic carbocycles. The molecule has 1 aliphatic rings. The summed E-state index contributed by atoms with van der Waals surface area (Å²) in [4.78, 5) is 0. The highest BCUT2D eigenvalue weighted by molar-refractivity contribution is 7.85. The number of alkyl halides is 1. The van der Waals surface area contributed by atoms with Gasteiger partial charge in [0.2, 0.25) is 0 Å². The summed E-state index contributed by atoms with van der Waals surface area (Å²) in [6.45, 7) is 0.738. The molecule has 1 rings (SSSR count). The molecule has 1 aliphatic carbocycles. The van der Waals surface area contributed by atoms with Crippen molar-refractivity contribution in [2.24, 2.45) is 5.92 Å². The van der Waals surface area contributed by atoms with Gasteiger partial charge in [0.1, 0.15) is 11.9 Å². The summed E-state index contributed by atoms with van der Waals surface area (Å²) in [5.74, 6) is -0.178. The molecule has 0 spiro atoms. The molecule has 0 amide bonds. The largest absolute Gasteiger partial charge is 0.314 e. The van der Waals surface area contributed by atoms with Gasteiger partial charge in [-0.3, -0.25) is 4.55 Å². The van der Waals surface area contributed by atoms with Gasteiger partial charge in [-0.15, -0.1) is 0 Å². The van der Waals surface area contributed by atoms with Gasteiger partial charge in [0.15, 0.2) is 0 Å². The van der Waals surface area contributed by atoms with Crippen molar-refractivity contribution >= 4 is 10.1 Å². The van der Waals surface area contributed by atoms with Gasteiger partial charge in [-0.2, -0.15) is 8.42 Å². The van der Waals surface area contributed by atoms with E-state index in [1.165, 1.54) is 12.8 Å². The molecule has 1 atom stereocenters. The molecule has 6 heteroatoms. The van der Waals surface area contributed by atoms with Crippen molar-refractivity contribution in [3.05, 3.63) is 0 Å². The van der Waals surface area contributed by atoms with E-state index in [1.807, 2.05) is 0 Å². The maximum atomic E-state index is 12.8. The standard InChI is InChI=1S/C7H14FNO3S/c8-7(5-13(10,11)12)4-9-3-6-1-2-6/h6-7,9H,1-5H2,(H,10,11,12). The van der Waals surface area contributed by atoms with Gasteiger partial charge in [0.05, 0.1) is 0 Å². The summed E-state index contributed by atoms with van der Waals surface area (Å²) in [6.07, 6.45) is 0.818. The predicted octanol–water partition coefficient (Wildman–Crippen LogP) is 0.212. The van der Waals surface area contributed by atoms with Gasteiger partial charge >= 0.3 is 0 Å². The molecule has 0 aromatic heterocycles. The van der Waals surface area contributed by atoms with E-state index in [2.05, 4.69) is 5.32 Å². The van der Waals surface area contributed by atoms with Gasteiger partial charge in [-0.1, -0.05) is 0 Å². The lowest BCUT2D eigenvalue weighted by atomic mass is 10.4. The first-order valence-corrected chi connectivity index (χ1v) is 5.88. The van der Waals surface area contributed by atoms with E-state index in [4.69, 9.17) is 4.55 Å². The highest BCUT2D eigenvalue weighted by atomic mass is 32.2. The average molecular weight is 211 g/mol. The van der Waals surface area contributed by atoms with Crippen molar-refractivity contribution in [3.8, 4) is 0 Å². The quantitative estimate of drug-likeness (QED) is 0.616. The first kappa shape index (κ1) is 10.9. The summed E-state index contributed by atoms with van der Waals surface area (Å²) in [6, 6.07) is 0. The van der Waals surface area contributed by atoms with E-state index >= 15 is 0 Å². The molecular weight excluding hydrogens is 197 g/mol. The zero-order chi connectivity index (χ0) is 9.90. The molecule has 0 aromatic rings. The second kappa shape index (κ2) is 4.34. The molecule has 13 heavy (non-hydrogen) atoms. The average Bonchev–Trinajstić information content (AvgIpc) is 2.66. The van der Waals surface area contributed by atoms with Crippen molar-refractivity contribution in [2.45, 2.75) is 19.0 Å². The van der Waals surface area contributed by atoms with Crippen LogP contribution in [0, 0.1) is 5.92 Å². The zero-order valence-electron chi connectivity index (χ0n) is 7.24. The lowest BCUT2D eigenvalue weighted by molar-refractivity contribution is 0.336. The molecular formula is C7H14FNO3S. The van der Waals surface area contributed by atoms with Crippen LogP contribution >= 0.6 is 0 Å². The highest BCUT2D eigenvalue weighted by Gasteiger charge is 2.21. The first-order valence-electron chi connectivity index (χ1n) is 4.27. The Labute approximate surface area is 77.3 Å². The molecule has 1 unspecified atom stereocenters. The van der Waals surface area contributed by atoms with Gasteiger partial charge in [-0.25, -0.2) is 4.39 Å². The van der Waals surface area contributed by atoms with Gasteiger partial charge in [0.25, 0.3) is 10.1 Å². The van der Waals surface area contributed by atoms with E-state index in [1.54, 1.807) is 0 Å². The number of rotatable bonds is 6. The van der Waals surface area contributed by atoms with Crippen LogP contribution in [0.5, 0.6) is 0 Å². The maximum Gasteiger partial charge on any atom is 0.267 e. The molecule has 0 heterocycles. The highest BCUT2D eigenvalue weighted by Crippen LogP contribution is 2.27. The molecule has 0 bridgehead atoms. The molecule has 4 nitrogen and oxygen atoms in total. The Morgan fingerprint density at radius 2 is 2.15 bits per heavy atom. The third-order valence-corrected chi connectivity index (χ3v) is 2.67. The van der Waals surface area contributed by atoms with Crippen molar-refractivity contribution in [2.75, 3.05) is 18.8 Å². The molecule has 2 N–H and O–H groups in total. The van der Waals surface area contributed by atoms with Crippen molar-refractivity contribution in [3.63, 3.8) is 0 Å². The molecule has 1 saturated carbocycles. The van der Waals surface area contributed by atoms with Crippen LogP contribution in [0.15, 0.2) is 0 Å². The summed E-state index contributed by atoms with van der Waals surface area (Å²) < 4.78 is 41.6. The van der Waals surface area contributed by atoms with Crippen LogP contribution in [0.1, 0.15) is 12.8 Å². The number of halogens is 1. The van der Waals surface area contributed by atoms with Crippen LogP contribution in [0.3, 0.4) is 0 Å². The Bertz CT molecular complexity index is 250. The molecule has 1 fully saturated rings. The summed E-state index contributed by atoms with van der Waals surface area (Å²) in [5, 5.41) is 2.82. The van der Waals surface area contributed by atoms with Crippen molar-refractivity contribution < 1.29 is 17.4 Å². The van der Waals surface area contributed by atoms with E-state index in [-0.39, 0.29) is 6.54 Å². The van der Waals surface area contributed by atoms with Crippen LogP contribution in [0.25, 0.3) is 0 Å². The summed E-state index contributed by atoms with van der Waals surface area (Å²) in [5.41, 5.74) is 0. The fourth-order valence-corrected chi connectivity index (χ4v) is 1.63. The second-order valence-electron chi connectivity index (χ2n) is 3.45. The van der Waals surface area contributed by atoms with Crippen LogP contribution in [-0.4, -0.2) is 38.0 Å². The Kier molecular flexibility index (Phi) is 3.63. The van der Waals surface area contributed by atoms with Gasteiger partial charge in [0, 0.05) is 6.54 Å². The minimum absolute atomic E-state index is 0.00368. The number of hydrogen-bond donors (Lipinski definition) is 2. The van der Waals surface area contributed by atoms with E-state index < -0.39 is 22.0 Å². The second-order valence-corrected chi connectivity index (χ2v) is 4.94. The Hall–Kier alpha value is -0.200. The fourth-order valence-electron chi connectivity index (χ4n) is 1.05. The van der Waals surface area contributed by atoms with E-state index in [0.717, 1.165) is 6.54 Å². The Morgan fingerprint density at radius 3 is 2.62 bits per heavy atom. The van der Waals surface area contributed by atoms with Gasteiger partial charge < -0.3 is 5.32 Å². The molecule has 0 saturated heterocycles. The third-order valence-electron chi connectivity index (χ3n) is 1.89. The lowest BCUT2D eigenvalue weighted by Gasteiger charge is -2.06. The summed E-state index contributed by atoms with van der Waals surface area (Å²) in [7, 11) is -4.17. The zero-order valence-corrected chi connectivity index (χ0v) is 8.06. The fraction of sp³-hybridized carbons (Fsp3) is 1.00. The molecule has 0 radical (unpaired) electrons. The predicted molar refractivity (Wildman–Crippen MR) is 46.9 cm³/mol. The Balaban J connectivity index is 2.05. The minimum atomic E-state index is -4.17. The maximum absolute atomic E-state index is 12.8. The van der Waals surface area contributed by atoms with Crippen LogP contribution in [0.4, 0.5) is 4.39 Å². The monoisotopic (exact) mass is 211 g/mol. The minimum Gasteiger partial charge on any atom is -0.314 e. The molecule has 0 aliphatic heterocycles. The van der Waals surface area contributed by atoms with Crippen molar-refractivity contribution in [1.29, 1.82) is 0 Å². The topological polar surface area (TPSA) is 66.4 Å². The Morgan fingerprint density at radius 1 is 1.54 bits per heavy atom. The summed E-state index contributed by atoms with van der Waals surface area (Å²) >= 11 is 0. The van der Waals surface area contributed by atoms with Crippen LogP contribution < -0.4 is 5.32 Å². The SMILES string of the molecule is O=S(=O)(O)CC(F)CNCC1CC1. The van der Waals surface area contributed by atoms with Crippen LogP contribution in [0.2, 0.25) is 0 Å². The third kappa shape index (κ3) is 5.95. The van der Waals surface area contributed by atoms with Gasteiger partial charge in [-0.05, 0) is 25.3 Å².